The Bertz CT molecular complexity index is 1190. The molecule has 0 spiro atoms. The molecule has 0 aliphatic rings. The van der Waals surface area contributed by atoms with Gasteiger partial charge in [0.2, 0.25) is 10.0 Å². The number of H-pyrrole nitrogens is 2. The molecule has 0 saturated heterocycles. The number of terminal acetylenes is 1. The summed E-state index contributed by atoms with van der Waals surface area (Å²) in [5, 5.41) is 2.66. The zero-order valence-electron chi connectivity index (χ0n) is 13.4. The molecule has 132 valence electrons. The fourth-order valence-electron chi connectivity index (χ4n) is 2.34. The van der Waals surface area contributed by atoms with Crippen molar-refractivity contribution in [2.24, 2.45) is 0 Å². The molecule has 0 radical (unpaired) electrons. The van der Waals surface area contributed by atoms with Crippen molar-refractivity contribution in [1.82, 2.24) is 14.7 Å². The minimum atomic E-state index is -3.79. The van der Waals surface area contributed by atoms with Crippen molar-refractivity contribution in [3.8, 4) is 12.3 Å². The van der Waals surface area contributed by atoms with E-state index in [1.54, 1.807) is 18.2 Å². The topological polar surface area (TPSA) is 124 Å². The van der Waals surface area contributed by atoms with Gasteiger partial charge in [0.1, 0.15) is 0 Å². The van der Waals surface area contributed by atoms with Crippen molar-refractivity contribution in [2.45, 2.75) is 4.90 Å². The Kier molecular flexibility index (Phi) is 4.62. The minimum absolute atomic E-state index is 0.0641. The Hall–Kier alpha value is -3.35. The van der Waals surface area contributed by atoms with E-state index in [-0.39, 0.29) is 22.7 Å². The molecule has 4 N–H and O–H groups in total. The van der Waals surface area contributed by atoms with E-state index in [1.165, 1.54) is 24.3 Å². The van der Waals surface area contributed by atoms with E-state index < -0.39 is 15.9 Å². The molecule has 0 aliphatic carbocycles. The number of aromatic amines is 2. The number of hydrogen-bond acceptors (Lipinski definition) is 4. The van der Waals surface area contributed by atoms with Crippen molar-refractivity contribution in [2.75, 3.05) is 11.9 Å². The highest BCUT2D eigenvalue weighted by Gasteiger charge is 2.15. The lowest BCUT2D eigenvalue weighted by atomic mass is 10.2. The third-order valence-electron chi connectivity index (χ3n) is 3.54. The van der Waals surface area contributed by atoms with Gasteiger partial charge < -0.3 is 15.3 Å². The Labute approximate surface area is 148 Å². The number of aromatic nitrogens is 2. The number of carbonyl (C=O) groups excluding carboxylic acids is 1. The van der Waals surface area contributed by atoms with Crippen molar-refractivity contribution in [3.05, 3.63) is 58.5 Å². The number of carbonyl (C=O) groups is 1. The summed E-state index contributed by atoms with van der Waals surface area (Å²) in [4.78, 5) is 28.8. The SMILES string of the molecule is C#CCNS(=O)(=O)c1cccc(C(=O)Nc2ccc3[nH]c(=O)[nH]c3c2)c1. The van der Waals surface area contributed by atoms with Crippen molar-refractivity contribution in [3.63, 3.8) is 0 Å². The summed E-state index contributed by atoms with van der Waals surface area (Å²) in [6.45, 7) is -0.145. The van der Waals surface area contributed by atoms with Crippen LogP contribution in [-0.4, -0.2) is 30.8 Å². The minimum Gasteiger partial charge on any atom is -0.322 e. The molecule has 0 bridgehead atoms. The summed E-state index contributed by atoms with van der Waals surface area (Å²) in [6.07, 6.45) is 5.05. The molecule has 8 nitrogen and oxygen atoms in total. The van der Waals surface area contributed by atoms with Gasteiger partial charge in [-0.25, -0.2) is 13.2 Å². The van der Waals surface area contributed by atoms with Crippen LogP contribution in [0.3, 0.4) is 0 Å². The monoisotopic (exact) mass is 370 g/mol. The summed E-state index contributed by atoms with van der Waals surface area (Å²) in [6, 6.07) is 10.4. The van der Waals surface area contributed by atoms with E-state index in [1.807, 2.05) is 0 Å². The van der Waals surface area contributed by atoms with Gasteiger partial charge in [0.05, 0.1) is 22.5 Å². The Morgan fingerprint density at radius 2 is 1.88 bits per heavy atom. The number of nitrogens with one attached hydrogen (secondary N) is 4. The Morgan fingerprint density at radius 3 is 2.65 bits per heavy atom. The van der Waals surface area contributed by atoms with Crippen LogP contribution in [-0.2, 0) is 10.0 Å². The van der Waals surface area contributed by atoms with Gasteiger partial charge in [0.15, 0.2) is 0 Å². The molecule has 0 atom stereocenters. The Balaban J connectivity index is 1.84. The molecule has 0 saturated carbocycles. The van der Waals surface area contributed by atoms with Crippen molar-refractivity contribution < 1.29 is 13.2 Å². The summed E-state index contributed by atoms with van der Waals surface area (Å²) in [5.74, 6) is 1.69. The molecular formula is C17H14N4O4S. The van der Waals surface area contributed by atoms with Gasteiger partial charge >= 0.3 is 5.69 Å². The van der Waals surface area contributed by atoms with Crippen LogP contribution in [0.1, 0.15) is 10.4 Å². The van der Waals surface area contributed by atoms with Crippen LogP contribution in [0.15, 0.2) is 52.2 Å². The standard InChI is InChI=1S/C17H14N4O4S/c1-2-8-18-26(24,25)13-5-3-4-11(9-13)16(22)19-12-6-7-14-15(10-12)21-17(23)20-14/h1,3-7,9-10,18H,8H2,(H,19,22)(H2,20,21,23). The van der Waals surface area contributed by atoms with Gasteiger partial charge in [-0.3, -0.25) is 4.79 Å². The lowest BCUT2D eigenvalue weighted by molar-refractivity contribution is 0.102. The summed E-state index contributed by atoms with van der Waals surface area (Å²) >= 11 is 0. The maximum atomic E-state index is 12.4. The predicted octanol–water partition coefficient (Wildman–Crippen LogP) is 1.02. The highest BCUT2D eigenvalue weighted by atomic mass is 32.2. The second-order valence-corrected chi connectivity index (χ2v) is 7.12. The van der Waals surface area contributed by atoms with Crippen LogP contribution in [0.2, 0.25) is 0 Å². The molecule has 1 aromatic heterocycles. The largest absolute Gasteiger partial charge is 0.323 e. The number of fused-ring (bicyclic) bond motifs is 1. The van der Waals surface area contributed by atoms with Gasteiger partial charge in [-0.05, 0) is 36.4 Å². The zero-order valence-corrected chi connectivity index (χ0v) is 14.2. The quantitative estimate of drug-likeness (QED) is 0.501. The summed E-state index contributed by atoms with van der Waals surface area (Å²) < 4.78 is 26.4. The maximum Gasteiger partial charge on any atom is 0.323 e. The first-order valence-corrected chi connectivity index (χ1v) is 8.94. The van der Waals surface area contributed by atoms with E-state index in [0.29, 0.717) is 16.7 Å². The molecule has 3 aromatic rings. The fourth-order valence-corrected chi connectivity index (χ4v) is 3.32. The summed E-state index contributed by atoms with van der Waals surface area (Å²) in [7, 11) is -3.79. The maximum absolute atomic E-state index is 12.4. The zero-order chi connectivity index (χ0) is 18.7. The molecule has 2 aromatic carbocycles. The number of imidazole rings is 1. The molecule has 26 heavy (non-hydrogen) atoms. The fraction of sp³-hybridized carbons (Fsp3) is 0.0588. The average Bonchev–Trinajstić information content (AvgIpc) is 2.99. The number of anilines is 1. The molecule has 0 unspecified atom stereocenters. The molecule has 0 aliphatic heterocycles. The molecule has 3 rings (SSSR count). The number of sulfonamides is 1. The number of benzene rings is 2. The predicted molar refractivity (Wildman–Crippen MR) is 97.3 cm³/mol. The molecule has 9 heteroatoms. The smallest absolute Gasteiger partial charge is 0.322 e. The molecular weight excluding hydrogens is 356 g/mol. The van der Waals surface area contributed by atoms with E-state index in [0.717, 1.165) is 0 Å². The van der Waals surface area contributed by atoms with Crippen molar-refractivity contribution >= 4 is 32.7 Å². The highest BCUT2D eigenvalue weighted by Crippen LogP contribution is 2.17. The van der Waals surface area contributed by atoms with Gasteiger partial charge in [-0.15, -0.1) is 6.42 Å². The number of amides is 1. The third kappa shape index (κ3) is 3.66. The number of rotatable bonds is 5. The van der Waals surface area contributed by atoms with E-state index >= 15 is 0 Å². The van der Waals surface area contributed by atoms with Crippen LogP contribution in [0.4, 0.5) is 5.69 Å². The molecule has 1 amide bonds. The molecule has 1 heterocycles. The molecule has 0 fully saturated rings. The van der Waals surface area contributed by atoms with Crippen LogP contribution in [0.25, 0.3) is 11.0 Å². The lowest BCUT2D eigenvalue weighted by Gasteiger charge is -2.08. The highest BCUT2D eigenvalue weighted by molar-refractivity contribution is 7.89. The van der Waals surface area contributed by atoms with Crippen LogP contribution in [0, 0.1) is 12.3 Å². The van der Waals surface area contributed by atoms with Gasteiger partial charge in [0.25, 0.3) is 5.91 Å². The average molecular weight is 370 g/mol. The normalized spacial score (nSPS) is 11.2. The first-order chi connectivity index (χ1) is 12.4. The van der Waals surface area contributed by atoms with E-state index in [9.17, 15) is 18.0 Å². The van der Waals surface area contributed by atoms with E-state index in [2.05, 4.69) is 25.9 Å². The Morgan fingerprint density at radius 1 is 1.12 bits per heavy atom. The number of hydrogen-bond donors (Lipinski definition) is 4. The van der Waals surface area contributed by atoms with Gasteiger partial charge in [-0.2, -0.15) is 4.72 Å². The third-order valence-corrected chi connectivity index (χ3v) is 4.94. The lowest BCUT2D eigenvalue weighted by Crippen LogP contribution is -2.24. The second-order valence-electron chi connectivity index (χ2n) is 5.35. The van der Waals surface area contributed by atoms with Gasteiger partial charge in [0, 0.05) is 11.3 Å². The first kappa shape index (κ1) is 17.5. The van der Waals surface area contributed by atoms with Crippen LogP contribution in [0.5, 0.6) is 0 Å². The van der Waals surface area contributed by atoms with Crippen LogP contribution < -0.4 is 15.7 Å². The van der Waals surface area contributed by atoms with Gasteiger partial charge in [-0.1, -0.05) is 12.0 Å². The second kappa shape index (κ2) is 6.87. The van der Waals surface area contributed by atoms with Crippen LogP contribution >= 0.6 is 0 Å². The summed E-state index contributed by atoms with van der Waals surface area (Å²) in [5.41, 5.74) is 1.43. The van der Waals surface area contributed by atoms with Crippen molar-refractivity contribution in [1.29, 1.82) is 0 Å². The first-order valence-electron chi connectivity index (χ1n) is 7.46. The van der Waals surface area contributed by atoms with E-state index in [4.69, 9.17) is 6.42 Å².